The summed E-state index contributed by atoms with van der Waals surface area (Å²) in [4.78, 5) is 2.22. The highest BCUT2D eigenvalue weighted by atomic mass is 19.1. The second-order valence-corrected chi connectivity index (χ2v) is 4.55. The summed E-state index contributed by atoms with van der Waals surface area (Å²) < 4.78 is 19.2. The molecule has 0 radical (unpaired) electrons. The van der Waals surface area contributed by atoms with Crippen molar-refractivity contribution < 1.29 is 9.13 Å². The molecule has 1 atom stereocenters. The van der Waals surface area contributed by atoms with Crippen molar-refractivity contribution in [2.24, 2.45) is 5.73 Å². The van der Waals surface area contributed by atoms with Gasteiger partial charge in [0.25, 0.3) is 0 Å². The summed E-state index contributed by atoms with van der Waals surface area (Å²) in [6.45, 7) is 5.51. The first-order chi connectivity index (χ1) is 8.19. The van der Waals surface area contributed by atoms with Crippen molar-refractivity contribution in [3.63, 3.8) is 0 Å². The maximum atomic E-state index is 13.8. The number of nitrogens with zero attached hydrogens (tertiary/aromatic N) is 1. The predicted molar refractivity (Wildman–Crippen MR) is 65.0 cm³/mol. The average Bonchev–Trinajstić information content (AvgIpc) is 2.32. The number of hydrogen-bond acceptors (Lipinski definition) is 3. The fraction of sp³-hybridized carbons (Fsp3) is 0.538. The molecule has 0 amide bonds. The van der Waals surface area contributed by atoms with Crippen molar-refractivity contribution in [3.8, 4) is 0 Å². The van der Waals surface area contributed by atoms with Gasteiger partial charge in [0, 0.05) is 31.7 Å². The zero-order chi connectivity index (χ0) is 12.3. The van der Waals surface area contributed by atoms with Crippen molar-refractivity contribution in [1.29, 1.82) is 0 Å². The topological polar surface area (TPSA) is 38.5 Å². The molecule has 3 nitrogen and oxygen atoms in total. The lowest BCUT2D eigenvalue weighted by atomic mass is 10.1. The van der Waals surface area contributed by atoms with Gasteiger partial charge in [0.15, 0.2) is 0 Å². The Labute approximate surface area is 101 Å². The Bertz CT molecular complexity index is 384. The number of nitrogens with two attached hydrogens (primary N) is 1. The molecule has 17 heavy (non-hydrogen) atoms. The van der Waals surface area contributed by atoms with Gasteiger partial charge in [0.1, 0.15) is 5.82 Å². The average molecular weight is 238 g/mol. The van der Waals surface area contributed by atoms with Gasteiger partial charge in [-0.1, -0.05) is 12.1 Å². The van der Waals surface area contributed by atoms with E-state index in [0.717, 1.165) is 30.8 Å². The fourth-order valence-electron chi connectivity index (χ4n) is 2.12. The standard InChI is InChI=1S/C13H19FN2O/c1-10-8-16(4-5-17-10)9-12-3-2-11(7-15)6-13(12)14/h2-3,6,10H,4-5,7-9,15H2,1H3. The highest BCUT2D eigenvalue weighted by Crippen LogP contribution is 2.15. The van der Waals surface area contributed by atoms with E-state index in [1.54, 1.807) is 0 Å². The first-order valence-corrected chi connectivity index (χ1v) is 6.00. The third-order valence-corrected chi connectivity index (χ3v) is 3.07. The van der Waals surface area contributed by atoms with Crippen LogP contribution in [0, 0.1) is 5.82 Å². The normalized spacial score (nSPS) is 21.7. The van der Waals surface area contributed by atoms with Gasteiger partial charge in [0.05, 0.1) is 12.7 Å². The monoisotopic (exact) mass is 238 g/mol. The molecule has 0 spiro atoms. The molecule has 0 saturated carbocycles. The minimum absolute atomic E-state index is 0.160. The summed E-state index contributed by atoms with van der Waals surface area (Å²) in [7, 11) is 0. The van der Waals surface area contributed by atoms with Crippen molar-refractivity contribution in [2.45, 2.75) is 26.1 Å². The molecule has 1 aliphatic rings. The number of morpholine rings is 1. The Morgan fingerprint density at radius 1 is 1.53 bits per heavy atom. The molecular formula is C13H19FN2O. The molecule has 1 unspecified atom stereocenters. The van der Waals surface area contributed by atoms with Crippen LogP contribution in [0.1, 0.15) is 18.1 Å². The molecule has 1 aromatic carbocycles. The summed E-state index contributed by atoms with van der Waals surface area (Å²) in [6.07, 6.45) is 0.232. The van der Waals surface area contributed by atoms with E-state index in [4.69, 9.17) is 10.5 Å². The zero-order valence-corrected chi connectivity index (χ0v) is 10.2. The Balaban J connectivity index is 2.02. The van der Waals surface area contributed by atoms with Gasteiger partial charge in [-0.3, -0.25) is 4.90 Å². The Kier molecular flexibility index (Phi) is 4.10. The molecule has 1 aliphatic heterocycles. The quantitative estimate of drug-likeness (QED) is 0.867. The maximum absolute atomic E-state index is 13.8. The minimum Gasteiger partial charge on any atom is -0.376 e. The van der Waals surface area contributed by atoms with Gasteiger partial charge in [-0.15, -0.1) is 0 Å². The van der Waals surface area contributed by atoms with E-state index in [1.807, 2.05) is 19.1 Å². The Hall–Kier alpha value is -0.970. The molecular weight excluding hydrogens is 219 g/mol. The summed E-state index contributed by atoms with van der Waals surface area (Å²) in [5.41, 5.74) is 7.05. The van der Waals surface area contributed by atoms with Gasteiger partial charge in [0.2, 0.25) is 0 Å². The van der Waals surface area contributed by atoms with Crippen molar-refractivity contribution >= 4 is 0 Å². The second kappa shape index (κ2) is 5.58. The molecule has 0 aliphatic carbocycles. The fourth-order valence-corrected chi connectivity index (χ4v) is 2.12. The molecule has 1 aromatic rings. The van der Waals surface area contributed by atoms with Gasteiger partial charge in [-0.2, -0.15) is 0 Å². The molecule has 94 valence electrons. The second-order valence-electron chi connectivity index (χ2n) is 4.55. The van der Waals surface area contributed by atoms with Crippen LogP contribution in [0.5, 0.6) is 0 Å². The van der Waals surface area contributed by atoms with Gasteiger partial charge in [-0.25, -0.2) is 4.39 Å². The van der Waals surface area contributed by atoms with Crippen molar-refractivity contribution in [3.05, 3.63) is 35.1 Å². The number of halogens is 1. The first kappa shape index (κ1) is 12.5. The lowest BCUT2D eigenvalue weighted by Crippen LogP contribution is -2.40. The molecule has 2 rings (SSSR count). The SMILES string of the molecule is CC1CN(Cc2ccc(CN)cc2F)CCO1. The number of ether oxygens (including phenoxy) is 1. The van der Waals surface area contributed by atoms with E-state index in [2.05, 4.69) is 4.90 Å². The zero-order valence-electron chi connectivity index (χ0n) is 10.2. The van der Waals surface area contributed by atoms with Crippen LogP contribution in [0.2, 0.25) is 0 Å². The number of hydrogen-bond donors (Lipinski definition) is 1. The lowest BCUT2D eigenvalue weighted by Gasteiger charge is -2.31. The molecule has 0 bridgehead atoms. The van der Waals surface area contributed by atoms with Crippen LogP contribution in [-0.2, 0) is 17.8 Å². The van der Waals surface area contributed by atoms with Gasteiger partial charge >= 0.3 is 0 Å². The van der Waals surface area contributed by atoms with Crippen molar-refractivity contribution in [1.82, 2.24) is 4.90 Å². The third-order valence-electron chi connectivity index (χ3n) is 3.07. The van der Waals surface area contributed by atoms with Crippen molar-refractivity contribution in [2.75, 3.05) is 19.7 Å². The minimum atomic E-state index is -0.160. The van der Waals surface area contributed by atoms with Crippen LogP contribution in [0.15, 0.2) is 18.2 Å². The largest absolute Gasteiger partial charge is 0.376 e. The summed E-state index contributed by atoms with van der Waals surface area (Å²) in [5, 5.41) is 0. The maximum Gasteiger partial charge on any atom is 0.128 e. The lowest BCUT2D eigenvalue weighted by molar-refractivity contribution is -0.0215. The molecule has 1 heterocycles. The van der Waals surface area contributed by atoms with Gasteiger partial charge < -0.3 is 10.5 Å². The molecule has 4 heteroatoms. The molecule has 0 aromatic heterocycles. The molecule has 2 N–H and O–H groups in total. The number of rotatable bonds is 3. The number of benzene rings is 1. The van der Waals surface area contributed by atoms with E-state index >= 15 is 0 Å². The predicted octanol–water partition coefficient (Wildman–Crippen LogP) is 1.51. The first-order valence-electron chi connectivity index (χ1n) is 6.00. The van der Waals surface area contributed by atoms with E-state index in [9.17, 15) is 4.39 Å². The molecule has 1 saturated heterocycles. The van der Waals surface area contributed by atoms with Gasteiger partial charge in [-0.05, 0) is 18.6 Å². The van der Waals surface area contributed by atoms with E-state index in [1.165, 1.54) is 6.07 Å². The highest BCUT2D eigenvalue weighted by Gasteiger charge is 2.17. The van der Waals surface area contributed by atoms with Crippen LogP contribution >= 0.6 is 0 Å². The Morgan fingerprint density at radius 3 is 3.00 bits per heavy atom. The van der Waals surface area contributed by atoms with E-state index < -0.39 is 0 Å². The van der Waals surface area contributed by atoms with Crippen LogP contribution in [0.3, 0.4) is 0 Å². The van der Waals surface area contributed by atoms with Crippen LogP contribution in [0.4, 0.5) is 4.39 Å². The molecule has 1 fully saturated rings. The van der Waals surface area contributed by atoms with E-state index in [0.29, 0.717) is 13.1 Å². The summed E-state index contributed by atoms with van der Waals surface area (Å²) in [5.74, 6) is -0.160. The highest BCUT2D eigenvalue weighted by molar-refractivity contribution is 5.24. The summed E-state index contributed by atoms with van der Waals surface area (Å²) >= 11 is 0. The van der Waals surface area contributed by atoms with Crippen LogP contribution < -0.4 is 5.73 Å². The smallest absolute Gasteiger partial charge is 0.128 e. The van der Waals surface area contributed by atoms with Crippen LogP contribution in [-0.4, -0.2) is 30.7 Å². The Morgan fingerprint density at radius 2 is 2.35 bits per heavy atom. The van der Waals surface area contributed by atoms with E-state index in [-0.39, 0.29) is 11.9 Å². The summed E-state index contributed by atoms with van der Waals surface area (Å²) in [6, 6.07) is 5.25. The van der Waals surface area contributed by atoms with Crippen LogP contribution in [0.25, 0.3) is 0 Å². The third kappa shape index (κ3) is 3.25.